The average Bonchev–Trinajstić information content (AvgIpc) is 2.96. The highest BCUT2D eigenvalue weighted by Gasteiger charge is 2.26. The van der Waals surface area contributed by atoms with Gasteiger partial charge in [0.15, 0.2) is 0 Å². The Morgan fingerprint density at radius 1 is 1.50 bits per heavy atom. The van der Waals surface area contributed by atoms with E-state index < -0.39 is 5.97 Å². The van der Waals surface area contributed by atoms with E-state index in [1.165, 1.54) is 4.90 Å². The molecule has 1 N–H and O–H groups in total. The number of hydrogen-bond acceptors (Lipinski definition) is 4. The fourth-order valence-corrected chi connectivity index (χ4v) is 3.35. The number of aryl methyl sites for hydroxylation is 2. The summed E-state index contributed by atoms with van der Waals surface area (Å²) in [5.41, 5.74) is 0.603. The van der Waals surface area contributed by atoms with Gasteiger partial charge in [0.1, 0.15) is 6.54 Å². The molecule has 1 amide bonds. The fourth-order valence-electron chi connectivity index (χ4n) is 2.43. The SMILES string of the molecule is Cc1cc(C(=O)N(CC(=O)O)CC2CCCO2)c(C)s1. The zero-order valence-corrected chi connectivity index (χ0v) is 12.5. The van der Waals surface area contributed by atoms with Crippen LogP contribution in [0.25, 0.3) is 0 Å². The minimum atomic E-state index is -0.999. The van der Waals surface area contributed by atoms with Crippen molar-refractivity contribution in [1.29, 1.82) is 0 Å². The molecule has 20 heavy (non-hydrogen) atoms. The molecular weight excluding hydrogens is 278 g/mol. The van der Waals surface area contributed by atoms with E-state index in [0.29, 0.717) is 18.7 Å². The van der Waals surface area contributed by atoms with Gasteiger partial charge in [-0.15, -0.1) is 11.3 Å². The van der Waals surface area contributed by atoms with Crippen LogP contribution in [-0.2, 0) is 9.53 Å². The molecule has 0 aliphatic carbocycles. The van der Waals surface area contributed by atoms with Gasteiger partial charge in [-0.2, -0.15) is 0 Å². The Bertz CT molecular complexity index is 505. The molecule has 1 aliphatic heterocycles. The number of thiophene rings is 1. The van der Waals surface area contributed by atoms with Crippen LogP contribution in [0.15, 0.2) is 6.07 Å². The van der Waals surface area contributed by atoms with Gasteiger partial charge in [-0.1, -0.05) is 0 Å². The number of hydrogen-bond donors (Lipinski definition) is 1. The summed E-state index contributed by atoms with van der Waals surface area (Å²) >= 11 is 1.55. The first kappa shape index (κ1) is 15.0. The van der Waals surface area contributed by atoms with E-state index in [9.17, 15) is 9.59 Å². The van der Waals surface area contributed by atoms with Gasteiger partial charge in [0, 0.05) is 22.9 Å². The molecule has 1 aromatic heterocycles. The van der Waals surface area contributed by atoms with E-state index in [1.54, 1.807) is 11.3 Å². The molecule has 0 spiro atoms. The van der Waals surface area contributed by atoms with E-state index in [2.05, 4.69) is 0 Å². The molecule has 1 saturated heterocycles. The third kappa shape index (κ3) is 3.58. The predicted molar refractivity (Wildman–Crippen MR) is 76.3 cm³/mol. The molecule has 0 aromatic carbocycles. The fraction of sp³-hybridized carbons (Fsp3) is 0.571. The summed E-state index contributed by atoms with van der Waals surface area (Å²) in [7, 11) is 0. The van der Waals surface area contributed by atoms with E-state index in [0.717, 1.165) is 22.6 Å². The number of aliphatic carboxylic acids is 1. The molecule has 1 unspecified atom stereocenters. The normalized spacial score (nSPS) is 18.2. The maximum atomic E-state index is 12.5. The van der Waals surface area contributed by atoms with Gasteiger partial charge in [0.25, 0.3) is 5.91 Å². The molecule has 0 radical (unpaired) electrons. The van der Waals surface area contributed by atoms with Crippen molar-refractivity contribution in [2.24, 2.45) is 0 Å². The van der Waals surface area contributed by atoms with Gasteiger partial charge in [0.05, 0.1) is 11.7 Å². The van der Waals surface area contributed by atoms with Crippen molar-refractivity contribution in [2.45, 2.75) is 32.8 Å². The first-order chi connectivity index (χ1) is 9.47. The number of ether oxygens (including phenoxy) is 1. The average molecular weight is 297 g/mol. The Balaban J connectivity index is 2.14. The summed E-state index contributed by atoms with van der Waals surface area (Å²) in [4.78, 5) is 26.9. The second-order valence-electron chi connectivity index (χ2n) is 5.04. The van der Waals surface area contributed by atoms with Crippen molar-refractivity contribution in [3.05, 3.63) is 21.4 Å². The van der Waals surface area contributed by atoms with Crippen LogP contribution in [0.4, 0.5) is 0 Å². The van der Waals surface area contributed by atoms with Crippen LogP contribution in [0.1, 0.15) is 33.0 Å². The van der Waals surface area contributed by atoms with Crippen molar-refractivity contribution in [3.8, 4) is 0 Å². The molecule has 6 heteroatoms. The monoisotopic (exact) mass is 297 g/mol. The lowest BCUT2D eigenvalue weighted by molar-refractivity contribution is -0.138. The molecule has 1 aliphatic rings. The highest BCUT2D eigenvalue weighted by molar-refractivity contribution is 7.12. The van der Waals surface area contributed by atoms with Crippen LogP contribution in [0.2, 0.25) is 0 Å². The molecule has 1 aromatic rings. The van der Waals surface area contributed by atoms with Gasteiger partial charge in [-0.3, -0.25) is 9.59 Å². The van der Waals surface area contributed by atoms with E-state index >= 15 is 0 Å². The van der Waals surface area contributed by atoms with Crippen LogP contribution in [0.3, 0.4) is 0 Å². The molecule has 1 fully saturated rings. The van der Waals surface area contributed by atoms with Crippen molar-refractivity contribution in [1.82, 2.24) is 4.90 Å². The first-order valence-corrected chi connectivity index (χ1v) is 7.48. The largest absolute Gasteiger partial charge is 0.480 e. The van der Waals surface area contributed by atoms with Crippen LogP contribution < -0.4 is 0 Å². The van der Waals surface area contributed by atoms with E-state index in [1.807, 2.05) is 19.9 Å². The molecule has 0 saturated carbocycles. The summed E-state index contributed by atoms with van der Waals surface area (Å²) in [5.74, 6) is -1.22. The van der Waals surface area contributed by atoms with Crippen LogP contribution in [0, 0.1) is 13.8 Å². The molecule has 5 nitrogen and oxygen atoms in total. The van der Waals surface area contributed by atoms with Gasteiger partial charge in [-0.25, -0.2) is 0 Å². The number of carboxylic acids is 1. The topological polar surface area (TPSA) is 66.8 Å². The second-order valence-corrected chi connectivity index (χ2v) is 6.50. The van der Waals surface area contributed by atoms with Crippen molar-refractivity contribution in [3.63, 3.8) is 0 Å². The van der Waals surface area contributed by atoms with E-state index in [-0.39, 0.29) is 18.6 Å². The highest BCUT2D eigenvalue weighted by Crippen LogP contribution is 2.23. The number of carboxylic acid groups (broad SMARTS) is 1. The van der Waals surface area contributed by atoms with E-state index in [4.69, 9.17) is 9.84 Å². The Labute approximate surface area is 122 Å². The molecule has 2 heterocycles. The molecular formula is C14H19NO4S. The predicted octanol–water partition coefficient (Wildman–Crippen LogP) is 2.07. The number of carbonyl (C=O) groups excluding carboxylic acids is 1. The molecule has 0 bridgehead atoms. The third-order valence-corrected chi connectivity index (χ3v) is 4.30. The summed E-state index contributed by atoms with van der Waals surface area (Å²) in [6, 6.07) is 1.83. The summed E-state index contributed by atoms with van der Waals surface area (Å²) in [6.45, 7) is 4.58. The van der Waals surface area contributed by atoms with Crippen LogP contribution in [-0.4, -0.2) is 47.7 Å². The lowest BCUT2D eigenvalue weighted by atomic mass is 10.2. The third-order valence-electron chi connectivity index (χ3n) is 3.33. The first-order valence-electron chi connectivity index (χ1n) is 6.67. The Morgan fingerprint density at radius 2 is 2.25 bits per heavy atom. The van der Waals surface area contributed by atoms with Crippen molar-refractivity contribution < 1.29 is 19.4 Å². The maximum Gasteiger partial charge on any atom is 0.323 e. The lowest BCUT2D eigenvalue weighted by Gasteiger charge is -2.23. The molecule has 2 rings (SSSR count). The standard InChI is InChI=1S/C14H19NO4S/c1-9-6-12(10(2)20-9)14(18)15(8-13(16)17)7-11-4-3-5-19-11/h6,11H,3-5,7-8H2,1-2H3,(H,16,17). The minimum absolute atomic E-state index is 0.0432. The number of amides is 1. The second kappa shape index (κ2) is 6.37. The maximum absolute atomic E-state index is 12.5. The van der Waals surface area contributed by atoms with Crippen LogP contribution in [0.5, 0.6) is 0 Å². The van der Waals surface area contributed by atoms with Gasteiger partial charge < -0.3 is 14.7 Å². The zero-order chi connectivity index (χ0) is 14.7. The van der Waals surface area contributed by atoms with Crippen molar-refractivity contribution >= 4 is 23.2 Å². The van der Waals surface area contributed by atoms with Crippen molar-refractivity contribution in [2.75, 3.05) is 19.7 Å². The zero-order valence-electron chi connectivity index (χ0n) is 11.7. The Kier molecular flexibility index (Phi) is 4.77. The Hall–Kier alpha value is -1.40. The Morgan fingerprint density at radius 3 is 2.75 bits per heavy atom. The lowest BCUT2D eigenvalue weighted by Crippen LogP contribution is -2.40. The number of carbonyl (C=O) groups is 2. The summed E-state index contributed by atoms with van der Waals surface area (Å²) < 4.78 is 5.50. The summed E-state index contributed by atoms with van der Waals surface area (Å²) in [6.07, 6.45) is 1.81. The number of rotatable bonds is 5. The van der Waals surface area contributed by atoms with Gasteiger partial charge in [0.2, 0.25) is 0 Å². The molecule has 1 atom stereocenters. The molecule has 110 valence electrons. The quantitative estimate of drug-likeness (QED) is 0.903. The number of nitrogens with zero attached hydrogens (tertiary/aromatic N) is 1. The van der Waals surface area contributed by atoms with Gasteiger partial charge >= 0.3 is 5.97 Å². The minimum Gasteiger partial charge on any atom is -0.480 e. The highest BCUT2D eigenvalue weighted by atomic mass is 32.1. The van der Waals surface area contributed by atoms with Gasteiger partial charge in [-0.05, 0) is 32.8 Å². The summed E-state index contributed by atoms with van der Waals surface area (Å²) in [5, 5.41) is 9.00. The smallest absolute Gasteiger partial charge is 0.323 e. The van der Waals surface area contributed by atoms with Crippen LogP contribution >= 0.6 is 11.3 Å².